The molecule has 1 aliphatic rings. The van der Waals surface area contributed by atoms with Gasteiger partial charge in [-0.15, -0.1) is 0 Å². The fourth-order valence-electron chi connectivity index (χ4n) is 3.58. The lowest BCUT2D eigenvalue weighted by Gasteiger charge is -2.36. The van der Waals surface area contributed by atoms with E-state index in [2.05, 4.69) is 10.4 Å². The Kier molecular flexibility index (Phi) is 6.63. The van der Waals surface area contributed by atoms with E-state index in [1.807, 2.05) is 53.0 Å². The number of aromatic nitrogens is 2. The van der Waals surface area contributed by atoms with Gasteiger partial charge in [0.1, 0.15) is 0 Å². The second kappa shape index (κ2) is 9.35. The van der Waals surface area contributed by atoms with Crippen molar-refractivity contribution in [2.24, 2.45) is 0 Å². The first-order chi connectivity index (χ1) is 13.1. The van der Waals surface area contributed by atoms with Gasteiger partial charge in [-0.2, -0.15) is 5.10 Å². The highest BCUT2D eigenvalue weighted by Crippen LogP contribution is 2.21. The number of aryl methyl sites for hydroxylation is 2. The molecule has 1 N–H and O–H groups in total. The predicted molar refractivity (Wildman–Crippen MR) is 104 cm³/mol. The number of nitrogens with one attached hydrogen (secondary N) is 1. The summed E-state index contributed by atoms with van der Waals surface area (Å²) in [4.78, 5) is 26.9. The zero-order chi connectivity index (χ0) is 19.1. The van der Waals surface area contributed by atoms with Gasteiger partial charge in [-0.3, -0.25) is 14.3 Å². The lowest BCUT2D eigenvalue weighted by molar-refractivity contribution is -0.134. The number of benzene rings is 1. The monoisotopic (exact) mass is 368 g/mol. The van der Waals surface area contributed by atoms with Gasteiger partial charge >= 0.3 is 0 Å². The van der Waals surface area contributed by atoms with Gasteiger partial charge in [0, 0.05) is 50.1 Å². The summed E-state index contributed by atoms with van der Waals surface area (Å²) >= 11 is 0. The summed E-state index contributed by atoms with van der Waals surface area (Å²) in [6.07, 6.45) is 8.26. The largest absolute Gasteiger partial charge is 0.352 e. The number of likely N-dealkylation sites (tertiary alicyclic amines) is 1. The maximum absolute atomic E-state index is 12.7. The van der Waals surface area contributed by atoms with Crippen LogP contribution in [0.2, 0.25) is 0 Å². The molecule has 6 nitrogen and oxygen atoms in total. The topological polar surface area (TPSA) is 67.2 Å². The van der Waals surface area contributed by atoms with Crippen molar-refractivity contribution in [3.05, 3.63) is 53.9 Å². The summed E-state index contributed by atoms with van der Waals surface area (Å²) in [5.74, 6) is 0.000970. The number of hydrogen-bond donors (Lipinski definition) is 1. The number of hydrogen-bond acceptors (Lipinski definition) is 3. The van der Waals surface area contributed by atoms with Crippen LogP contribution in [0.5, 0.6) is 0 Å². The van der Waals surface area contributed by atoms with E-state index < -0.39 is 0 Å². The lowest BCUT2D eigenvalue weighted by Crippen LogP contribution is -2.45. The van der Waals surface area contributed by atoms with E-state index in [9.17, 15) is 9.59 Å². The van der Waals surface area contributed by atoms with Crippen molar-refractivity contribution in [1.82, 2.24) is 20.0 Å². The Hall–Kier alpha value is -2.63. The van der Waals surface area contributed by atoms with E-state index in [1.165, 1.54) is 0 Å². The highest BCUT2D eigenvalue weighted by molar-refractivity contribution is 5.94. The number of carbonyl (C=O) groups is 2. The molecule has 6 heteroatoms. The van der Waals surface area contributed by atoms with E-state index in [4.69, 9.17) is 0 Å². The van der Waals surface area contributed by atoms with Crippen LogP contribution in [0.3, 0.4) is 0 Å². The first kappa shape index (κ1) is 19.1. The Labute approximate surface area is 160 Å². The minimum atomic E-state index is -0.128. The third-order valence-electron chi connectivity index (χ3n) is 5.14. The van der Waals surface area contributed by atoms with E-state index in [1.54, 1.807) is 6.20 Å². The highest BCUT2D eigenvalue weighted by Gasteiger charge is 2.26. The van der Waals surface area contributed by atoms with E-state index in [0.29, 0.717) is 18.5 Å². The van der Waals surface area contributed by atoms with Crippen molar-refractivity contribution in [2.45, 2.75) is 51.6 Å². The number of carbonyl (C=O) groups excluding carboxylic acids is 2. The van der Waals surface area contributed by atoms with Crippen molar-refractivity contribution in [2.75, 3.05) is 13.1 Å². The average molecular weight is 368 g/mol. The van der Waals surface area contributed by atoms with Crippen molar-refractivity contribution in [3.8, 4) is 0 Å². The maximum atomic E-state index is 12.7. The SMILES string of the molecule is Cc1ccc(C(=O)NCCC(=O)N2CCCCC2CCn2cccn2)cc1. The molecule has 1 aromatic heterocycles. The third kappa shape index (κ3) is 5.42. The molecule has 1 aromatic carbocycles. The van der Waals surface area contributed by atoms with Crippen LogP contribution in [0.25, 0.3) is 0 Å². The molecule has 3 rings (SSSR count). The Morgan fingerprint density at radius 2 is 2.04 bits per heavy atom. The summed E-state index contributed by atoms with van der Waals surface area (Å²) in [6, 6.07) is 9.63. The first-order valence-corrected chi connectivity index (χ1v) is 9.75. The zero-order valence-corrected chi connectivity index (χ0v) is 15.9. The first-order valence-electron chi connectivity index (χ1n) is 9.75. The normalized spacial score (nSPS) is 16.9. The molecule has 0 radical (unpaired) electrons. The van der Waals surface area contributed by atoms with Gasteiger partial charge in [0.25, 0.3) is 5.91 Å². The Bertz CT molecular complexity index is 740. The molecule has 0 spiro atoms. The third-order valence-corrected chi connectivity index (χ3v) is 5.14. The van der Waals surface area contributed by atoms with Crippen LogP contribution in [-0.4, -0.2) is 45.6 Å². The fourth-order valence-corrected chi connectivity index (χ4v) is 3.58. The number of amides is 2. The van der Waals surface area contributed by atoms with Crippen molar-refractivity contribution in [3.63, 3.8) is 0 Å². The zero-order valence-electron chi connectivity index (χ0n) is 15.9. The minimum Gasteiger partial charge on any atom is -0.352 e. The Balaban J connectivity index is 1.46. The Morgan fingerprint density at radius 3 is 2.78 bits per heavy atom. The van der Waals surface area contributed by atoms with Crippen LogP contribution in [-0.2, 0) is 11.3 Å². The highest BCUT2D eigenvalue weighted by atomic mass is 16.2. The van der Waals surface area contributed by atoms with Crippen LogP contribution < -0.4 is 5.32 Å². The van der Waals surface area contributed by atoms with Crippen LogP contribution in [0.15, 0.2) is 42.7 Å². The molecule has 1 atom stereocenters. The molecule has 2 amide bonds. The second-order valence-electron chi connectivity index (χ2n) is 7.17. The fraction of sp³-hybridized carbons (Fsp3) is 0.476. The molecule has 2 aromatic rings. The standard InChI is InChI=1S/C21H28N4O2/c1-17-6-8-18(9-7-17)21(27)22-13-10-20(26)25-15-3-2-5-19(25)11-16-24-14-4-12-23-24/h4,6-9,12,14,19H,2-3,5,10-11,13,15-16H2,1H3,(H,22,27). The number of piperidine rings is 1. The van der Waals surface area contributed by atoms with E-state index >= 15 is 0 Å². The molecule has 144 valence electrons. The van der Waals surface area contributed by atoms with Gasteiger partial charge < -0.3 is 10.2 Å². The smallest absolute Gasteiger partial charge is 0.251 e. The molecule has 1 aliphatic heterocycles. The van der Waals surface area contributed by atoms with Crippen LogP contribution in [0.4, 0.5) is 0 Å². The maximum Gasteiger partial charge on any atom is 0.251 e. The van der Waals surface area contributed by atoms with Gasteiger partial charge in [-0.1, -0.05) is 17.7 Å². The molecule has 27 heavy (non-hydrogen) atoms. The summed E-state index contributed by atoms with van der Waals surface area (Å²) in [7, 11) is 0. The molecule has 0 saturated carbocycles. The summed E-state index contributed by atoms with van der Waals surface area (Å²) in [6.45, 7) is 4.00. The van der Waals surface area contributed by atoms with Crippen molar-refractivity contribution in [1.29, 1.82) is 0 Å². The molecular formula is C21H28N4O2. The van der Waals surface area contributed by atoms with Crippen molar-refractivity contribution >= 4 is 11.8 Å². The number of rotatable bonds is 7. The van der Waals surface area contributed by atoms with Crippen LogP contribution in [0.1, 0.15) is 48.0 Å². The molecule has 1 unspecified atom stereocenters. The number of nitrogens with zero attached hydrogens (tertiary/aromatic N) is 3. The van der Waals surface area contributed by atoms with Gasteiger partial charge in [0.15, 0.2) is 0 Å². The quantitative estimate of drug-likeness (QED) is 0.817. The van der Waals surface area contributed by atoms with Gasteiger partial charge in [0.05, 0.1) is 0 Å². The lowest BCUT2D eigenvalue weighted by atomic mass is 9.99. The molecule has 0 aliphatic carbocycles. The van der Waals surface area contributed by atoms with Gasteiger partial charge in [-0.25, -0.2) is 0 Å². The molecular weight excluding hydrogens is 340 g/mol. The average Bonchev–Trinajstić information content (AvgIpc) is 3.20. The van der Waals surface area contributed by atoms with Crippen LogP contribution in [0, 0.1) is 6.92 Å². The molecule has 2 heterocycles. The minimum absolute atomic E-state index is 0.128. The van der Waals surface area contributed by atoms with Crippen molar-refractivity contribution < 1.29 is 9.59 Å². The van der Waals surface area contributed by atoms with Gasteiger partial charge in [0.2, 0.25) is 5.91 Å². The summed E-state index contributed by atoms with van der Waals surface area (Å²) in [5.41, 5.74) is 1.75. The van der Waals surface area contributed by atoms with Crippen LogP contribution >= 0.6 is 0 Å². The predicted octanol–water partition coefficient (Wildman–Crippen LogP) is 2.78. The molecule has 0 bridgehead atoms. The molecule has 1 fully saturated rings. The molecule has 1 saturated heterocycles. The summed E-state index contributed by atoms with van der Waals surface area (Å²) in [5, 5.41) is 7.10. The Morgan fingerprint density at radius 1 is 1.22 bits per heavy atom. The summed E-state index contributed by atoms with van der Waals surface area (Å²) < 4.78 is 1.92. The second-order valence-corrected chi connectivity index (χ2v) is 7.17. The van der Waals surface area contributed by atoms with E-state index in [-0.39, 0.29) is 17.9 Å². The van der Waals surface area contributed by atoms with Gasteiger partial charge in [-0.05, 0) is 50.8 Å². The van der Waals surface area contributed by atoms with E-state index in [0.717, 1.165) is 44.3 Å².